The maximum atomic E-state index is 13.1. The number of hydrogen-bond donors (Lipinski definition) is 2. The zero-order chi connectivity index (χ0) is 67.6. The van der Waals surface area contributed by atoms with E-state index in [9.17, 15) is 19.4 Å². The summed E-state index contributed by atoms with van der Waals surface area (Å²) in [4.78, 5) is 25.7. The molecule has 0 saturated carbocycles. The zero-order valence-electron chi connectivity index (χ0n) is 63.8. The molecule has 0 aliphatic heterocycles. The molecule has 0 fully saturated rings. The van der Waals surface area contributed by atoms with Gasteiger partial charge in [0.05, 0.1) is 39.9 Å². The number of amides is 1. The number of carbonyl (C=O) groups is 1. The molecule has 8 nitrogen and oxygen atoms in total. The third-order valence-corrected chi connectivity index (χ3v) is 20.9. The minimum Gasteiger partial charge on any atom is -0.756 e. The van der Waals surface area contributed by atoms with Gasteiger partial charge in [0.2, 0.25) is 5.91 Å². The van der Waals surface area contributed by atoms with E-state index in [-0.39, 0.29) is 19.1 Å². The van der Waals surface area contributed by atoms with Crippen molar-refractivity contribution in [2.45, 2.75) is 469 Å². The van der Waals surface area contributed by atoms with Crippen molar-refractivity contribution in [3.05, 3.63) is 24.3 Å². The first kappa shape index (κ1) is 92.0. The number of nitrogens with one attached hydrogen (secondary N) is 1. The second kappa shape index (κ2) is 75.2. The Kier molecular flexibility index (Phi) is 74.4. The Morgan fingerprint density at radius 1 is 0.366 bits per heavy atom. The van der Waals surface area contributed by atoms with Gasteiger partial charge in [-0.25, -0.2) is 0 Å². The smallest absolute Gasteiger partial charge is 0.268 e. The summed E-state index contributed by atoms with van der Waals surface area (Å²) in [6, 6.07) is -0.903. The van der Waals surface area contributed by atoms with Crippen LogP contribution in [0.5, 0.6) is 0 Å². The van der Waals surface area contributed by atoms with Gasteiger partial charge in [0.1, 0.15) is 13.2 Å². The highest BCUT2D eigenvalue weighted by molar-refractivity contribution is 7.45. The average Bonchev–Trinajstić information content (AvgIpc) is 2.57. The molecule has 0 radical (unpaired) electrons. The molecule has 0 spiro atoms. The largest absolute Gasteiger partial charge is 0.756 e. The highest BCUT2D eigenvalue weighted by Gasteiger charge is 2.23. The van der Waals surface area contributed by atoms with E-state index in [2.05, 4.69) is 31.3 Å². The van der Waals surface area contributed by atoms with Crippen LogP contribution in [0.25, 0.3) is 0 Å². The van der Waals surface area contributed by atoms with Crippen LogP contribution in [-0.4, -0.2) is 68.5 Å². The second-order valence-electron chi connectivity index (χ2n) is 30.5. The molecule has 0 bridgehead atoms. The van der Waals surface area contributed by atoms with E-state index in [1.54, 1.807) is 6.08 Å². The lowest BCUT2D eigenvalue weighted by atomic mass is 10.0. The summed E-state index contributed by atoms with van der Waals surface area (Å²) in [5, 5.41) is 14.0. The molecule has 554 valence electrons. The first-order chi connectivity index (χ1) is 45.5. The number of allylic oxidation sites excluding steroid dienone is 3. The van der Waals surface area contributed by atoms with E-state index < -0.39 is 20.0 Å². The maximum Gasteiger partial charge on any atom is 0.268 e. The normalized spacial score (nSPS) is 13.5. The van der Waals surface area contributed by atoms with Crippen molar-refractivity contribution in [3.8, 4) is 0 Å². The van der Waals surface area contributed by atoms with Gasteiger partial charge < -0.3 is 28.8 Å². The van der Waals surface area contributed by atoms with Crippen LogP contribution in [0.15, 0.2) is 24.3 Å². The maximum absolute atomic E-state index is 13.1. The Morgan fingerprint density at radius 3 is 0.871 bits per heavy atom. The van der Waals surface area contributed by atoms with E-state index in [0.717, 1.165) is 38.5 Å². The third kappa shape index (κ3) is 78.2. The van der Waals surface area contributed by atoms with E-state index in [1.165, 1.54) is 398 Å². The summed E-state index contributed by atoms with van der Waals surface area (Å²) >= 11 is 0. The summed E-state index contributed by atoms with van der Waals surface area (Å²) in [5.74, 6) is -0.196. The molecule has 2 N–H and O–H groups in total. The minimum absolute atomic E-state index is 0.00322. The molecular formula is C84H167N2O6P. The number of rotatable bonds is 80. The van der Waals surface area contributed by atoms with Crippen molar-refractivity contribution in [1.82, 2.24) is 5.32 Å². The van der Waals surface area contributed by atoms with Crippen LogP contribution in [0.1, 0.15) is 457 Å². The standard InChI is InChI=1S/C84H167N2O6P/c1-6-8-10-12-14-16-18-20-22-24-26-28-30-32-34-36-38-39-40-41-42-43-44-45-46-47-48-50-52-54-56-58-60-62-64-66-68-70-72-74-76-78-84(88)85-82(81-92-93(89,90)91-80-79-86(3,4)5)83(87)77-75-73-71-69-67-65-63-61-59-57-55-53-51-49-37-35-33-31-29-27-25-23-21-19-17-15-13-11-9-7-2/h67,69,75,77,82-83,87H,6-66,68,70-74,76,78-81H2,1-5H3,(H-,85,88,89,90)/b69-67+,77-75+. The lowest BCUT2D eigenvalue weighted by molar-refractivity contribution is -0.870. The molecule has 1 amide bonds. The van der Waals surface area contributed by atoms with Crippen LogP contribution < -0.4 is 10.2 Å². The SMILES string of the molecule is CCCCCCCCCCCCCCCCCCCCCCCCCC/C=C/CC/C=C/C(O)C(COP(=O)([O-])OCC[N+](C)(C)C)NC(=O)CCCCCCCCCCCCCCCCCCCCCCCCCCCCCCCCCCCCCCCCCCC. The summed E-state index contributed by atoms with van der Waals surface area (Å²) < 4.78 is 23.5. The highest BCUT2D eigenvalue weighted by Crippen LogP contribution is 2.38. The topological polar surface area (TPSA) is 108 Å². The number of unbranched alkanes of at least 4 members (excludes halogenated alkanes) is 65. The molecule has 0 aromatic heterocycles. The predicted octanol–water partition coefficient (Wildman–Crippen LogP) is 27.1. The zero-order valence-corrected chi connectivity index (χ0v) is 64.7. The fraction of sp³-hybridized carbons (Fsp3) is 0.940. The Hall–Kier alpha value is -1.02. The number of phosphoric ester groups is 1. The molecule has 3 atom stereocenters. The van der Waals surface area contributed by atoms with Gasteiger partial charge in [0.25, 0.3) is 7.82 Å². The van der Waals surface area contributed by atoms with Gasteiger partial charge in [0, 0.05) is 6.42 Å². The second-order valence-corrected chi connectivity index (χ2v) is 32.0. The lowest BCUT2D eigenvalue weighted by Gasteiger charge is -2.29. The fourth-order valence-corrected chi connectivity index (χ4v) is 14.1. The lowest BCUT2D eigenvalue weighted by Crippen LogP contribution is -2.45. The van der Waals surface area contributed by atoms with Gasteiger partial charge in [-0.3, -0.25) is 9.36 Å². The Bertz CT molecular complexity index is 1570. The number of hydrogen-bond acceptors (Lipinski definition) is 6. The van der Waals surface area contributed by atoms with Gasteiger partial charge in [-0.05, 0) is 32.1 Å². The number of quaternary nitrogens is 1. The van der Waals surface area contributed by atoms with Gasteiger partial charge >= 0.3 is 0 Å². The number of nitrogens with zero attached hydrogens (tertiary/aromatic N) is 1. The van der Waals surface area contributed by atoms with Crippen LogP contribution in [0.3, 0.4) is 0 Å². The predicted molar refractivity (Wildman–Crippen MR) is 409 cm³/mol. The fourth-order valence-electron chi connectivity index (χ4n) is 13.4. The number of likely N-dealkylation sites (N-methyl/N-ethyl adjacent to an activating group) is 1. The molecule has 0 aliphatic rings. The summed E-state index contributed by atoms with van der Waals surface area (Å²) in [6.45, 7) is 4.71. The van der Waals surface area contributed by atoms with Crippen LogP contribution in [-0.2, 0) is 18.4 Å². The molecule has 0 rings (SSSR count). The molecule has 0 aliphatic carbocycles. The first-order valence-corrected chi connectivity index (χ1v) is 43.7. The number of carbonyl (C=O) groups excluding carboxylic acids is 1. The van der Waals surface area contributed by atoms with Gasteiger partial charge in [0.15, 0.2) is 0 Å². The molecule has 3 unspecified atom stereocenters. The Balaban J connectivity index is 3.90. The van der Waals surface area contributed by atoms with E-state index in [1.807, 2.05) is 27.2 Å². The van der Waals surface area contributed by atoms with Gasteiger partial charge in [-0.15, -0.1) is 0 Å². The Morgan fingerprint density at radius 2 is 0.602 bits per heavy atom. The molecule has 0 heterocycles. The van der Waals surface area contributed by atoms with E-state index in [4.69, 9.17) is 9.05 Å². The molecule has 93 heavy (non-hydrogen) atoms. The van der Waals surface area contributed by atoms with E-state index >= 15 is 0 Å². The van der Waals surface area contributed by atoms with Crippen LogP contribution >= 0.6 is 7.82 Å². The third-order valence-electron chi connectivity index (χ3n) is 19.9. The van der Waals surface area contributed by atoms with Crippen LogP contribution in [0, 0.1) is 0 Å². The molecule has 9 heteroatoms. The summed E-state index contributed by atoms with van der Waals surface area (Å²) in [6.07, 6.45) is 101. The van der Waals surface area contributed by atoms with Crippen molar-refractivity contribution in [1.29, 1.82) is 0 Å². The monoisotopic (exact) mass is 1330 g/mol. The number of aliphatic hydroxyl groups excluding tert-OH is 1. The van der Waals surface area contributed by atoms with Gasteiger partial charge in [-0.2, -0.15) is 0 Å². The molecule has 0 aromatic carbocycles. The van der Waals surface area contributed by atoms with Crippen molar-refractivity contribution < 1.29 is 32.9 Å². The average molecular weight is 1330 g/mol. The van der Waals surface area contributed by atoms with Crippen molar-refractivity contribution in [2.75, 3.05) is 40.9 Å². The van der Waals surface area contributed by atoms with E-state index in [0.29, 0.717) is 17.4 Å². The van der Waals surface area contributed by atoms with Crippen molar-refractivity contribution in [2.24, 2.45) is 0 Å². The quantitative estimate of drug-likeness (QED) is 0.0272. The number of aliphatic hydroxyl groups is 1. The molecule has 0 saturated heterocycles. The molecular weight excluding hydrogens is 1160 g/mol. The number of phosphoric acid groups is 1. The van der Waals surface area contributed by atoms with Crippen LogP contribution in [0.4, 0.5) is 0 Å². The van der Waals surface area contributed by atoms with Crippen molar-refractivity contribution in [3.63, 3.8) is 0 Å². The summed E-state index contributed by atoms with van der Waals surface area (Å²) in [5.41, 5.74) is 0. The highest BCUT2D eigenvalue weighted by atomic mass is 31.2. The first-order valence-electron chi connectivity index (χ1n) is 42.2. The Labute approximate surface area is 583 Å². The molecule has 0 aromatic rings. The van der Waals surface area contributed by atoms with Gasteiger partial charge in [-0.1, -0.05) is 443 Å². The van der Waals surface area contributed by atoms with Crippen molar-refractivity contribution >= 4 is 13.7 Å². The van der Waals surface area contributed by atoms with Crippen LogP contribution in [0.2, 0.25) is 0 Å². The summed E-state index contributed by atoms with van der Waals surface area (Å²) in [7, 11) is 1.27. The minimum atomic E-state index is -4.61.